The molecule has 0 aliphatic carbocycles. The average molecular weight is 210 g/mol. The molecule has 0 radical (unpaired) electrons. The second kappa shape index (κ2) is 6.24. The summed E-state index contributed by atoms with van der Waals surface area (Å²) < 4.78 is 5.35. The molecular formula is C11H18N2O2. The molecule has 0 amide bonds. The number of unbranched alkanes of at least 4 members (excludes halogenated alkanes) is 2. The zero-order valence-corrected chi connectivity index (χ0v) is 9.08. The van der Waals surface area contributed by atoms with Crippen LogP contribution in [0.1, 0.15) is 31.9 Å². The highest BCUT2D eigenvalue weighted by molar-refractivity contribution is 5.20. The van der Waals surface area contributed by atoms with E-state index in [4.69, 9.17) is 10.5 Å². The molecule has 0 atom stereocenters. The van der Waals surface area contributed by atoms with Gasteiger partial charge >= 0.3 is 0 Å². The van der Waals surface area contributed by atoms with Crippen molar-refractivity contribution in [2.75, 3.05) is 6.61 Å². The second-order valence-electron chi connectivity index (χ2n) is 3.45. The Bertz CT molecular complexity index is 347. The molecule has 4 nitrogen and oxygen atoms in total. The van der Waals surface area contributed by atoms with E-state index in [2.05, 4.69) is 11.9 Å². The Hall–Kier alpha value is -1.29. The average Bonchev–Trinajstić information content (AvgIpc) is 2.26. The Labute approximate surface area is 89.5 Å². The lowest BCUT2D eigenvalue weighted by atomic mass is 10.3. The van der Waals surface area contributed by atoms with E-state index in [0.29, 0.717) is 18.9 Å². The monoisotopic (exact) mass is 210 g/mol. The molecule has 1 heterocycles. The van der Waals surface area contributed by atoms with Crippen LogP contribution in [0.4, 0.5) is 0 Å². The number of pyridine rings is 1. The number of H-pyrrole nitrogens is 1. The van der Waals surface area contributed by atoms with Crippen LogP contribution < -0.4 is 15.9 Å². The summed E-state index contributed by atoms with van der Waals surface area (Å²) in [5.41, 5.74) is 6.01. The van der Waals surface area contributed by atoms with Crippen LogP contribution in [0.2, 0.25) is 0 Å². The number of rotatable bonds is 6. The van der Waals surface area contributed by atoms with Crippen LogP contribution in [0, 0.1) is 0 Å². The molecule has 0 saturated heterocycles. The largest absolute Gasteiger partial charge is 0.488 e. The molecule has 3 N–H and O–H groups in total. The molecule has 0 saturated carbocycles. The summed E-state index contributed by atoms with van der Waals surface area (Å²) in [6.07, 6.45) is 4.83. The van der Waals surface area contributed by atoms with Gasteiger partial charge in [-0.1, -0.05) is 19.8 Å². The van der Waals surface area contributed by atoms with E-state index in [1.165, 1.54) is 6.07 Å². The summed E-state index contributed by atoms with van der Waals surface area (Å²) in [6.45, 7) is 3.06. The first kappa shape index (κ1) is 11.8. The molecule has 1 rings (SSSR count). The maximum absolute atomic E-state index is 11.5. The van der Waals surface area contributed by atoms with E-state index in [9.17, 15) is 4.79 Å². The molecule has 84 valence electrons. The van der Waals surface area contributed by atoms with Gasteiger partial charge in [-0.15, -0.1) is 0 Å². The van der Waals surface area contributed by atoms with Gasteiger partial charge in [-0.05, 0) is 6.42 Å². The number of aromatic nitrogens is 1. The number of nitrogens with two attached hydrogens (primary N) is 1. The summed E-state index contributed by atoms with van der Waals surface area (Å²) in [5, 5.41) is 0. The van der Waals surface area contributed by atoms with Gasteiger partial charge in [0.15, 0.2) is 5.75 Å². The zero-order chi connectivity index (χ0) is 11.1. The van der Waals surface area contributed by atoms with Crippen molar-refractivity contribution >= 4 is 0 Å². The summed E-state index contributed by atoms with van der Waals surface area (Å²) in [4.78, 5) is 14.4. The second-order valence-corrected chi connectivity index (χ2v) is 3.45. The van der Waals surface area contributed by atoms with Gasteiger partial charge in [0.25, 0.3) is 0 Å². The van der Waals surface area contributed by atoms with E-state index in [-0.39, 0.29) is 5.43 Å². The normalized spacial score (nSPS) is 10.3. The molecule has 0 spiro atoms. The molecule has 0 fully saturated rings. The van der Waals surface area contributed by atoms with E-state index in [1.54, 1.807) is 6.20 Å². The van der Waals surface area contributed by atoms with Crippen molar-refractivity contribution in [3.05, 3.63) is 28.2 Å². The molecule has 0 aromatic carbocycles. The number of aromatic amines is 1. The van der Waals surface area contributed by atoms with Gasteiger partial charge in [0.1, 0.15) is 0 Å². The molecular weight excluding hydrogens is 192 g/mol. The van der Waals surface area contributed by atoms with Crippen molar-refractivity contribution in [1.29, 1.82) is 0 Å². The van der Waals surface area contributed by atoms with Gasteiger partial charge in [-0.25, -0.2) is 0 Å². The molecule has 4 heteroatoms. The van der Waals surface area contributed by atoms with Crippen LogP contribution in [0.3, 0.4) is 0 Å². The minimum absolute atomic E-state index is 0.106. The third kappa shape index (κ3) is 3.75. The Morgan fingerprint density at radius 2 is 2.27 bits per heavy atom. The Balaban J connectivity index is 2.51. The van der Waals surface area contributed by atoms with Gasteiger partial charge in [-0.3, -0.25) is 4.79 Å². The van der Waals surface area contributed by atoms with Crippen LogP contribution in [0.15, 0.2) is 17.1 Å². The number of ether oxygens (including phenoxy) is 1. The highest BCUT2D eigenvalue weighted by atomic mass is 16.5. The first-order valence-corrected chi connectivity index (χ1v) is 5.32. The predicted molar refractivity (Wildman–Crippen MR) is 60.0 cm³/mol. The Morgan fingerprint density at radius 1 is 1.47 bits per heavy atom. The summed E-state index contributed by atoms with van der Waals surface area (Å²) >= 11 is 0. The van der Waals surface area contributed by atoms with E-state index >= 15 is 0 Å². The fourth-order valence-corrected chi connectivity index (χ4v) is 1.27. The van der Waals surface area contributed by atoms with Gasteiger partial charge in [0.05, 0.1) is 6.61 Å². The van der Waals surface area contributed by atoms with Crippen molar-refractivity contribution in [2.45, 2.75) is 32.7 Å². The van der Waals surface area contributed by atoms with Crippen molar-refractivity contribution < 1.29 is 4.74 Å². The van der Waals surface area contributed by atoms with Crippen molar-refractivity contribution in [2.24, 2.45) is 5.73 Å². The van der Waals surface area contributed by atoms with Crippen LogP contribution >= 0.6 is 0 Å². The minimum atomic E-state index is -0.106. The maximum atomic E-state index is 11.5. The molecule has 1 aromatic heterocycles. The first-order valence-electron chi connectivity index (χ1n) is 5.32. The highest BCUT2D eigenvalue weighted by Gasteiger charge is 2.00. The lowest BCUT2D eigenvalue weighted by Crippen LogP contribution is -2.12. The van der Waals surface area contributed by atoms with E-state index < -0.39 is 0 Å². The van der Waals surface area contributed by atoms with Crippen LogP contribution in [-0.2, 0) is 6.54 Å². The molecule has 1 aromatic rings. The van der Waals surface area contributed by atoms with Gasteiger partial charge in [-0.2, -0.15) is 0 Å². The number of hydrogen-bond donors (Lipinski definition) is 2. The maximum Gasteiger partial charge on any atom is 0.223 e. The van der Waals surface area contributed by atoms with Gasteiger partial charge in [0, 0.05) is 24.5 Å². The van der Waals surface area contributed by atoms with Crippen LogP contribution in [0.5, 0.6) is 5.75 Å². The quantitative estimate of drug-likeness (QED) is 0.697. The van der Waals surface area contributed by atoms with Crippen molar-refractivity contribution in [3.8, 4) is 5.75 Å². The highest BCUT2D eigenvalue weighted by Crippen LogP contribution is 2.03. The minimum Gasteiger partial charge on any atom is -0.488 e. The third-order valence-corrected chi connectivity index (χ3v) is 2.16. The smallest absolute Gasteiger partial charge is 0.223 e. The fourth-order valence-electron chi connectivity index (χ4n) is 1.27. The number of nitrogens with one attached hydrogen (secondary N) is 1. The Morgan fingerprint density at radius 3 is 2.87 bits per heavy atom. The molecule has 0 aliphatic rings. The van der Waals surface area contributed by atoms with Crippen LogP contribution in [-0.4, -0.2) is 11.6 Å². The molecule has 0 unspecified atom stereocenters. The summed E-state index contributed by atoms with van der Waals surface area (Å²) in [5.74, 6) is 0.378. The van der Waals surface area contributed by atoms with E-state index in [1.807, 2.05) is 0 Å². The lowest BCUT2D eigenvalue weighted by Gasteiger charge is -2.05. The Kier molecular flexibility index (Phi) is 4.90. The standard InChI is InChI=1S/C11H18N2O2/c1-2-3-4-5-15-11-8-13-9(7-12)6-10(11)14/h6,8H,2-5,7,12H2,1H3,(H,13,14). The first-order chi connectivity index (χ1) is 7.27. The third-order valence-electron chi connectivity index (χ3n) is 2.16. The molecule has 0 aliphatic heterocycles. The van der Waals surface area contributed by atoms with Crippen molar-refractivity contribution in [1.82, 2.24) is 4.98 Å². The zero-order valence-electron chi connectivity index (χ0n) is 9.08. The topological polar surface area (TPSA) is 68.1 Å². The SMILES string of the molecule is CCCCCOc1c[nH]c(CN)cc1=O. The fraction of sp³-hybridized carbons (Fsp3) is 0.545. The van der Waals surface area contributed by atoms with Crippen LogP contribution in [0.25, 0.3) is 0 Å². The van der Waals surface area contributed by atoms with Crippen molar-refractivity contribution in [3.63, 3.8) is 0 Å². The number of hydrogen-bond acceptors (Lipinski definition) is 3. The van der Waals surface area contributed by atoms with Gasteiger partial charge < -0.3 is 15.5 Å². The molecule has 15 heavy (non-hydrogen) atoms. The van der Waals surface area contributed by atoms with E-state index in [0.717, 1.165) is 25.0 Å². The van der Waals surface area contributed by atoms with Gasteiger partial charge in [0.2, 0.25) is 5.43 Å². The summed E-state index contributed by atoms with van der Waals surface area (Å²) in [6, 6.07) is 1.48. The lowest BCUT2D eigenvalue weighted by molar-refractivity contribution is 0.302. The predicted octanol–water partition coefficient (Wildman–Crippen LogP) is 1.40. The summed E-state index contributed by atoms with van der Waals surface area (Å²) in [7, 11) is 0. The molecule has 0 bridgehead atoms.